The highest BCUT2D eigenvalue weighted by Gasteiger charge is 2.13. The summed E-state index contributed by atoms with van der Waals surface area (Å²) in [6.45, 7) is 2.52. The molecule has 0 spiro atoms. The zero-order chi connectivity index (χ0) is 12.4. The Balaban J connectivity index is 3.56. The summed E-state index contributed by atoms with van der Waals surface area (Å²) in [5.74, 6) is 0.0940. The number of carbonyl (C=O) groups excluding carboxylic acids is 2. The molecular formula is C11H23N3O2. The van der Waals surface area contributed by atoms with Gasteiger partial charge in [-0.3, -0.25) is 9.59 Å². The molecule has 0 saturated carbocycles. The highest BCUT2D eigenvalue weighted by molar-refractivity contribution is 5.81. The van der Waals surface area contributed by atoms with Crippen LogP contribution in [0.15, 0.2) is 0 Å². The van der Waals surface area contributed by atoms with E-state index in [-0.39, 0.29) is 17.9 Å². The van der Waals surface area contributed by atoms with E-state index in [0.717, 1.165) is 19.3 Å². The molecule has 0 aromatic heterocycles. The predicted octanol–water partition coefficient (Wildman–Crippen LogP) is 0.0169. The molecule has 3 N–H and O–H groups in total. The number of likely N-dealkylation sites (N-methyl/N-ethyl adjacent to an activating group) is 2. The van der Waals surface area contributed by atoms with Crippen molar-refractivity contribution in [2.75, 3.05) is 20.6 Å². The summed E-state index contributed by atoms with van der Waals surface area (Å²) in [7, 11) is 3.41. The lowest BCUT2D eigenvalue weighted by Gasteiger charge is -2.14. The summed E-state index contributed by atoms with van der Waals surface area (Å²) >= 11 is 0. The van der Waals surface area contributed by atoms with E-state index in [1.165, 1.54) is 0 Å². The molecule has 0 aliphatic carbocycles. The number of nitrogens with one attached hydrogen (secondary N) is 3. The second-order valence-corrected chi connectivity index (χ2v) is 3.65. The molecule has 1 unspecified atom stereocenters. The monoisotopic (exact) mass is 229 g/mol. The van der Waals surface area contributed by atoms with E-state index in [1.54, 1.807) is 14.1 Å². The minimum atomic E-state index is -0.133. The van der Waals surface area contributed by atoms with Gasteiger partial charge in [-0.25, -0.2) is 0 Å². The quantitative estimate of drug-likeness (QED) is 0.514. The topological polar surface area (TPSA) is 70.2 Å². The van der Waals surface area contributed by atoms with E-state index in [1.807, 2.05) is 6.92 Å². The zero-order valence-corrected chi connectivity index (χ0v) is 10.4. The van der Waals surface area contributed by atoms with Crippen LogP contribution in [0.5, 0.6) is 0 Å². The van der Waals surface area contributed by atoms with Gasteiger partial charge in [0.05, 0.1) is 6.04 Å². The smallest absolute Gasteiger partial charge is 0.236 e. The first-order chi connectivity index (χ1) is 7.65. The molecule has 0 aliphatic rings. The molecule has 0 fully saturated rings. The van der Waals surface area contributed by atoms with Crippen LogP contribution in [0.4, 0.5) is 0 Å². The van der Waals surface area contributed by atoms with Crippen molar-refractivity contribution in [3.8, 4) is 0 Å². The molecule has 94 valence electrons. The van der Waals surface area contributed by atoms with Crippen molar-refractivity contribution in [1.82, 2.24) is 16.0 Å². The normalized spacial score (nSPS) is 11.9. The van der Waals surface area contributed by atoms with Crippen LogP contribution in [0.25, 0.3) is 0 Å². The third-order valence-corrected chi connectivity index (χ3v) is 2.47. The predicted molar refractivity (Wildman–Crippen MR) is 64.1 cm³/mol. The molecule has 0 radical (unpaired) electrons. The fourth-order valence-corrected chi connectivity index (χ4v) is 1.41. The molecule has 2 amide bonds. The Morgan fingerprint density at radius 1 is 1.19 bits per heavy atom. The van der Waals surface area contributed by atoms with Gasteiger partial charge in [0.25, 0.3) is 0 Å². The SMILES string of the molecule is CCC(=O)NCCCCC(NC)C(=O)NC. The second-order valence-electron chi connectivity index (χ2n) is 3.65. The fourth-order valence-electron chi connectivity index (χ4n) is 1.41. The van der Waals surface area contributed by atoms with Gasteiger partial charge in [-0.15, -0.1) is 0 Å². The number of rotatable bonds is 8. The molecule has 0 aromatic carbocycles. The molecule has 0 aliphatic heterocycles. The lowest BCUT2D eigenvalue weighted by atomic mass is 10.1. The average Bonchev–Trinajstić information content (AvgIpc) is 2.32. The Bertz CT molecular complexity index is 219. The number of hydrogen-bond donors (Lipinski definition) is 3. The van der Waals surface area contributed by atoms with Crippen LogP contribution in [-0.2, 0) is 9.59 Å². The summed E-state index contributed by atoms with van der Waals surface area (Å²) < 4.78 is 0. The highest BCUT2D eigenvalue weighted by Crippen LogP contribution is 2.00. The fraction of sp³-hybridized carbons (Fsp3) is 0.818. The van der Waals surface area contributed by atoms with Crippen LogP contribution in [-0.4, -0.2) is 38.5 Å². The second kappa shape index (κ2) is 9.15. The van der Waals surface area contributed by atoms with Crippen molar-refractivity contribution >= 4 is 11.8 Å². The van der Waals surface area contributed by atoms with E-state index in [0.29, 0.717) is 13.0 Å². The van der Waals surface area contributed by atoms with Gasteiger partial charge in [0.15, 0.2) is 0 Å². The highest BCUT2D eigenvalue weighted by atomic mass is 16.2. The Morgan fingerprint density at radius 3 is 2.38 bits per heavy atom. The van der Waals surface area contributed by atoms with Gasteiger partial charge in [0, 0.05) is 20.0 Å². The third-order valence-electron chi connectivity index (χ3n) is 2.47. The summed E-state index contributed by atoms with van der Waals surface area (Å²) in [5, 5.41) is 8.38. The number of amides is 2. The number of hydrogen-bond acceptors (Lipinski definition) is 3. The Morgan fingerprint density at radius 2 is 1.88 bits per heavy atom. The molecule has 1 atom stereocenters. The first-order valence-electron chi connectivity index (χ1n) is 5.81. The van der Waals surface area contributed by atoms with Crippen molar-refractivity contribution in [2.24, 2.45) is 0 Å². The van der Waals surface area contributed by atoms with Crippen LogP contribution in [0.1, 0.15) is 32.6 Å². The van der Waals surface area contributed by atoms with Crippen LogP contribution in [0.3, 0.4) is 0 Å². The molecule has 0 rings (SSSR count). The minimum absolute atomic E-state index is 0.0140. The van der Waals surface area contributed by atoms with E-state index in [9.17, 15) is 9.59 Å². The van der Waals surface area contributed by atoms with Gasteiger partial charge in [-0.05, 0) is 26.3 Å². The lowest BCUT2D eigenvalue weighted by Crippen LogP contribution is -2.41. The van der Waals surface area contributed by atoms with Crippen molar-refractivity contribution in [3.05, 3.63) is 0 Å². The van der Waals surface area contributed by atoms with Crippen molar-refractivity contribution in [2.45, 2.75) is 38.6 Å². The summed E-state index contributed by atoms with van der Waals surface area (Å²) in [5.41, 5.74) is 0. The van der Waals surface area contributed by atoms with Gasteiger partial charge >= 0.3 is 0 Å². The molecule has 0 heterocycles. The average molecular weight is 229 g/mol. The van der Waals surface area contributed by atoms with Crippen LogP contribution < -0.4 is 16.0 Å². The van der Waals surface area contributed by atoms with Crippen molar-refractivity contribution < 1.29 is 9.59 Å². The van der Waals surface area contributed by atoms with Crippen LogP contribution in [0.2, 0.25) is 0 Å². The lowest BCUT2D eigenvalue weighted by molar-refractivity contribution is -0.123. The first-order valence-corrected chi connectivity index (χ1v) is 5.81. The maximum atomic E-state index is 11.3. The Hall–Kier alpha value is -1.10. The van der Waals surface area contributed by atoms with E-state index >= 15 is 0 Å². The Kier molecular flexibility index (Phi) is 8.52. The van der Waals surface area contributed by atoms with Crippen LogP contribution in [0, 0.1) is 0 Å². The largest absolute Gasteiger partial charge is 0.358 e. The van der Waals surface area contributed by atoms with Gasteiger partial charge in [-0.1, -0.05) is 6.92 Å². The molecule has 0 saturated heterocycles. The van der Waals surface area contributed by atoms with Gasteiger partial charge < -0.3 is 16.0 Å². The minimum Gasteiger partial charge on any atom is -0.358 e. The summed E-state index contributed by atoms with van der Waals surface area (Å²) in [6, 6.07) is -0.133. The van der Waals surface area contributed by atoms with E-state index in [2.05, 4.69) is 16.0 Å². The van der Waals surface area contributed by atoms with E-state index in [4.69, 9.17) is 0 Å². The third kappa shape index (κ3) is 6.40. The molecular weight excluding hydrogens is 206 g/mol. The van der Waals surface area contributed by atoms with Crippen molar-refractivity contribution in [3.63, 3.8) is 0 Å². The summed E-state index contributed by atoms with van der Waals surface area (Å²) in [6.07, 6.45) is 3.14. The molecule has 0 bridgehead atoms. The van der Waals surface area contributed by atoms with E-state index < -0.39 is 0 Å². The van der Waals surface area contributed by atoms with Gasteiger partial charge in [0.1, 0.15) is 0 Å². The standard InChI is InChI=1S/C11H23N3O2/c1-4-10(15)14-8-6-5-7-9(12-2)11(16)13-3/h9,12H,4-8H2,1-3H3,(H,13,16)(H,14,15). The number of unbranched alkanes of at least 4 members (excludes halogenated alkanes) is 1. The van der Waals surface area contributed by atoms with Crippen molar-refractivity contribution in [1.29, 1.82) is 0 Å². The number of carbonyl (C=O) groups is 2. The Labute approximate surface area is 97.4 Å². The maximum Gasteiger partial charge on any atom is 0.236 e. The summed E-state index contributed by atoms with van der Waals surface area (Å²) in [4.78, 5) is 22.2. The van der Waals surface area contributed by atoms with Gasteiger partial charge in [-0.2, -0.15) is 0 Å². The molecule has 0 aromatic rings. The molecule has 5 heteroatoms. The molecule has 5 nitrogen and oxygen atoms in total. The maximum absolute atomic E-state index is 11.3. The van der Waals surface area contributed by atoms with Crippen LogP contribution >= 0.6 is 0 Å². The molecule has 16 heavy (non-hydrogen) atoms. The zero-order valence-electron chi connectivity index (χ0n) is 10.4. The first kappa shape index (κ1) is 14.9. The van der Waals surface area contributed by atoms with Gasteiger partial charge in [0.2, 0.25) is 11.8 Å².